The quantitative estimate of drug-likeness (QED) is 0.880. The summed E-state index contributed by atoms with van der Waals surface area (Å²) < 4.78 is 7.58. The van der Waals surface area contributed by atoms with E-state index >= 15 is 0 Å². The molecule has 4 heteroatoms. The highest BCUT2D eigenvalue weighted by Crippen LogP contribution is 2.17. The second-order valence-electron chi connectivity index (χ2n) is 4.35. The molecule has 0 saturated carbocycles. The van der Waals surface area contributed by atoms with Gasteiger partial charge in [0.25, 0.3) is 0 Å². The molecule has 0 aliphatic carbocycles. The van der Waals surface area contributed by atoms with Gasteiger partial charge in [-0.05, 0) is 31.5 Å². The molecule has 0 fully saturated rings. The van der Waals surface area contributed by atoms with Crippen LogP contribution in [0.4, 0.5) is 0 Å². The summed E-state index contributed by atoms with van der Waals surface area (Å²) >= 11 is 0. The van der Waals surface area contributed by atoms with Gasteiger partial charge < -0.3 is 10.5 Å². The highest BCUT2D eigenvalue weighted by molar-refractivity contribution is 5.28. The van der Waals surface area contributed by atoms with Crippen molar-refractivity contribution < 1.29 is 4.74 Å². The fraction of sp³-hybridized carbons (Fsp3) is 0.357. The molecule has 1 aromatic heterocycles. The van der Waals surface area contributed by atoms with Crippen molar-refractivity contribution >= 4 is 0 Å². The van der Waals surface area contributed by atoms with Gasteiger partial charge >= 0.3 is 0 Å². The van der Waals surface area contributed by atoms with E-state index in [4.69, 9.17) is 10.5 Å². The van der Waals surface area contributed by atoms with Crippen molar-refractivity contribution in [1.29, 1.82) is 0 Å². The van der Waals surface area contributed by atoms with Gasteiger partial charge in [0.1, 0.15) is 12.4 Å². The summed E-state index contributed by atoms with van der Waals surface area (Å²) in [6.07, 6.45) is 3.83. The van der Waals surface area contributed by atoms with Gasteiger partial charge in [-0.15, -0.1) is 0 Å². The van der Waals surface area contributed by atoms with Crippen LogP contribution in [0.5, 0.6) is 5.75 Å². The molecule has 96 valence electrons. The van der Waals surface area contributed by atoms with Crippen LogP contribution in [0.15, 0.2) is 36.7 Å². The first-order chi connectivity index (χ1) is 8.69. The molecule has 0 saturated heterocycles. The van der Waals surface area contributed by atoms with Crippen LogP contribution in [0.25, 0.3) is 0 Å². The average Bonchev–Trinajstić information content (AvgIpc) is 2.85. The van der Waals surface area contributed by atoms with Crippen molar-refractivity contribution in [3.8, 4) is 5.75 Å². The number of hydrogen-bond donors (Lipinski definition) is 1. The topological polar surface area (TPSA) is 53.1 Å². The molecule has 2 rings (SSSR count). The van der Waals surface area contributed by atoms with Gasteiger partial charge in [0, 0.05) is 24.3 Å². The smallest absolute Gasteiger partial charge is 0.119 e. The van der Waals surface area contributed by atoms with E-state index in [1.165, 1.54) is 0 Å². The van der Waals surface area contributed by atoms with E-state index in [0.717, 1.165) is 23.4 Å². The van der Waals surface area contributed by atoms with Crippen molar-refractivity contribution in [2.75, 3.05) is 0 Å². The lowest BCUT2D eigenvalue weighted by Gasteiger charge is -2.08. The van der Waals surface area contributed by atoms with Gasteiger partial charge in [-0.1, -0.05) is 12.1 Å². The zero-order valence-electron chi connectivity index (χ0n) is 10.8. The molecule has 4 nitrogen and oxygen atoms in total. The van der Waals surface area contributed by atoms with Crippen LogP contribution in [-0.2, 0) is 13.2 Å². The maximum absolute atomic E-state index is 5.80. The monoisotopic (exact) mass is 245 g/mol. The van der Waals surface area contributed by atoms with Gasteiger partial charge in [0.2, 0.25) is 0 Å². The highest BCUT2D eigenvalue weighted by Gasteiger charge is 2.01. The summed E-state index contributed by atoms with van der Waals surface area (Å²) in [5, 5.41) is 4.20. The van der Waals surface area contributed by atoms with Crippen LogP contribution < -0.4 is 10.5 Å². The summed E-state index contributed by atoms with van der Waals surface area (Å²) in [6.45, 7) is 5.44. The Bertz CT molecular complexity index is 488. The lowest BCUT2D eigenvalue weighted by molar-refractivity contribution is 0.306. The van der Waals surface area contributed by atoms with Crippen LogP contribution in [0.1, 0.15) is 31.0 Å². The Balaban J connectivity index is 1.93. The minimum atomic E-state index is 0.0573. The second kappa shape index (κ2) is 5.69. The molecule has 0 aliphatic rings. The molecule has 1 heterocycles. The van der Waals surface area contributed by atoms with Gasteiger partial charge in [-0.2, -0.15) is 5.10 Å². The third-order valence-corrected chi connectivity index (χ3v) is 2.82. The van der Waals surface area contributed by atoms with Gasteiger partial charge in [-0.25, -0.2) is 0 Å². The first-order valence-corrected chi connectivity index (χ1v) is 6.18. The fourth-order valence-corrected chi connectivity index (χ4v) is 1.69. The SMILES string of the molecule is CCn1cc(COc2ccc(C(C)N)cc2)cn1. The van der Waals surface area contributed by atoms with Crippen LogP contribution in [0, 0.1) is 0 Å². The Morgan fingerprint density at radius 1 is 1.33 bits per heavy atom. The van der Waals surface area contributed by atoms with Crippen molar-refractivity contribution in [1.82, 2.24) is 9.78 Å². The Morgan fingerprint density at radius 3 is 2.61 bits per heavy atom. The lowest BCUT2D eigenvalue weighted by atomic mass is 10.1. The number of nitrogens with zero attached hydrogens (tertiary/aromatic N) is 2. The molecular formula is C14H19N3O. The molecule has 0 amide bonds. The van der Waals surface area contributed by atoms with E-state index in [-0.39, 0.29) is 6.04 Å². The number of rotatable bonds is 5. The maximum atomic E-state index is 5.80. The first kappa shape index (κ1) is 12.6. The number of ether oxygens (including phenoxy) is 1. The molecule has 0 spiro atoms. The summed E-state index contributed by atoms with van der Waals surface area (Å²) in [4.78, 5) is 0. The molecule has 1 atom stereocenters. The van der Waals surface area contributed by atoms with Crippen LogP contribution in [0.3, 0.4) is 0 Å². The molecule has 18 heavy (non-hydrogen) atoms. The summed E-state index contributed by atoms with van der Waals surface area (Å²) in [5.41, 5.74) is 7.98. The molecule has 0 bridgehead atoms. The third-order valence-electron chi connectivity index (χ3n) is 2.82. The Kier molecular flexibility index (Phi) is 3.99. The van der Waals surface area contributed by atoms with Crippen molar-refractivity contribution in [3.05, 3.63) is 47.8 Å². The Hall–Kier alpha value is -1.81. The minimum absolute atomic E-state index is 0.0573. The fourth-order valence-electron chi connectivity index (χ4n) is 1.69. The van der Waals surface area contributed by atoms with E-state index in [1.54, 1.807) is 0 Å². The Morgan fingerprint density at radius 2 is 2.06 bits per heavy atom. The number of hydrogen-bond acceptors (Lipinski definition) is 3. The van der Waals surface area contributed by atoms with E-state index in [9.17, 15) is 0 Å². The summed E-state index contributed by atoms with van der Waals surface area (Å²) in [5.74, 6) is 0.851. The molecule has 2 N–H and O–H groups in total. The minimum Gasteiger partial charge on any atom is -0.489 e. The van der Waals surface area contributed by atoms with Gasteiger partial charge in [-0.3, -0.25) is 4.68 Å². The van der Waals surface area contributed by atoms with Crippen molar-refractivity contribution in [2.45, 2.75) is 33.0 Å². The number of nitrogens with two attached hydrogens (primary N) is 1. The molecular weight excluding hydrogens is 226 g/mol. The number of benzene rings is 1. The lowest BCUT2D eigenvalue weighted by Crippen LogP contribution is -2.04. The van der Waals surface area contributed by atoms with E-state index < -0.39 is 0 Å². The van der Waals surface area contributed by atoms with E-state index in [1.807, 2.05) is 48.3 Å². The van der Waals surface area contributed by atoms with Crippen molar-refractivity contribution in [3.63, 3.8) is 0 Å². The van der Waals surface area contributed by atoms with Gasteiger partial charge in [0.05, 0.1) is 6.20 Å². The van der Waals surface area contributed by atoms with Gasteiger partial charge in [0.15, 0.2) is 0 Å². The zero-order chi connectivity index (χ0) is 13.0. The summed E-state index contributed by atoms with van der Waals surface area (Å²) in [7, 11) is 0. The van der Waals surface area contributed by atoms with Crippen LogP contribution in [-0.4, -0.2) is 9.78 Å². The first-order valence-electron chi connectivity index (χ1n) is 6.18. The molecule has 1 aromatic carbocycles. The highest BCUT2D eigenvalue weighted by atomic mass is 16.5. The normalized spacial score (nSPS) is 12.4. The molecule has 2 aromatic rings. The summed E-state index contributed by atoms with van der Waals surface area (Å²) in [6, 6.07) is 7.94. The third kappa shape index (κ3) is 3.11. The van der Waals surface area contributed by atoms with E-state index in [0.29, 0.717) is 6.61 Å². The second-order valence-corrected chi connectivity index (χ2v) is 4.35. The van der Waals surface area contributed by atoms with Crippen molar-refractivity contribution in [2.24, 2.45) is 5.73 Å². The Labute approximate surface area is 107 Å². The predicted molar refractivity (Wildman–Crippen MR) is 71.3 cm³/mol. The molecule has 0 aliphatic heterocycles. The van der Waals surface area contributed by atoms with Crippen LogP contribution >= 0.6 is 0 Å². The maximum Gasteiger partial charge on any atom is 0.119 e. The number of aryl methyl sites for hydroxylation is 1. The van der Waals surface area contributed by atoms with Crippen LogP contribution in [0.2, 0.25) is 0 Å². The number of aromatic nitrogens is 2. The molecule has 0 radical (unpaired) electrons. The zero-order valence-corrected chi connectivity index (χ0v) is 10.8. The largest absolute Gasteiger partial charge is 0.489 e. The average molecular weight is 245 g/mol. The predicted octanol–water partition coefficient (Wildman–Crippen LogP) is 2.50. The molecule has 1 unspecified atom stereocenters. The van der Waals surface area contributed by atoms with E-state index in [2.05, 4.69) is 12.0 Å². The standard InChI is InChI=1S/C14H19N3O/c1-3-17-9-12(8-16-17)10-18-14-6-4-13(5-7-14)11(2)15/h4-9,11H,3,10,15H2,1-2H3.